The van der Waals surface area contributed by atoms with E-state index in [9.17, 15) is 0 Å². The third-order valence-electron chi connectivity index (χ3n) is 0.986. The van der Waals surface area contributed by atoms with Gasteiger partial charge in [0.1, 0.15) is 0 Å². The molecule has 70 valence electrons. The van der Waals surface area contributed by atoms with Crippen LogP contribution in [0.1, 0.15) is 20.8 Å². The van der Waals surface area contributed by atoms with Crippen molar-refractivity contribution in [2.75, 3.05) is 21.3 Å². The van der Waals surface area contributed by atoms with Gasteiger partial charge in [-0.15, -0.1) is 0 Å². The van der Waals surface area contributed by atoms with Gasteiger partial charge in [0, 0.05) is 19.8 Å². The average molecular weight is 179 g/mol. The topological polar surface area (TPSA) is 30.5 Å². The van der Waals surface area contributed by atoms with E-state index < -0.39 is 10.0 Å². The molecular weight excluding hydrogens is 158 g/mol. The first-order valence-electron chi connectivity index (χ1n) is 3.64. The lowest BCUT2D eigenvalue weighted by atomic mass is 10.1. The van der Waals surface area contributed by atoms with Crippen molar-refractivity contribution in [2.45, 2.75) is 26.3 Å². The fourth-order valence-corrected chi connectivity index (χ4v) is 0.354. The van der Waals surface area contributed by atoms with E-state index in [0.29, 0.717) is 5.54 Å². The van der Waals surface area contributed by atoms with Crippen molar-refractivity contribution in [1.29, 1.82) is 0 Å². The number of rotatable bonds is 2. The number of hydrogen-bond acceptors (Lipinski definition) is 3. The molecule has 0 spiro atoms. The lowest BCUT2D eigenvalue weighted by Crippen LogP contribution is -2.31. The van der Waals surface area contributed by atoms with Gasteiger partial charge in [-0.1, -0.05) is 0 Å². The first-order valence-corrected chi connectivity index (χ1v) is 4.80. The van der Waals surface area contributed by atoms with Crippen LogP contribution in [0.4, 0.5) is 0 Å². The van der Waals surface area contributed by atoms with E-state index in [2.05, 4.69) is 34.9 Å². The molecule has 0 aromatic heterocycles. The number of hydrogen-bond donors (Lipinski definition) is 1. The Labute approximate surface area is 72.5 Å². The van der Waals surface area contributed by atoms with Gasteiger partial charge in [-0.2, -0.15) is 0 Å². The van der Waals surface area contributed by atoms with Crippen LogP contribution in [0.25, 0.3) is 0 Å². The summed E-state index contributed by atoms with van der Waals surface area (Å²) in [5.41, 5.74) is 0.292. The summed E-state index contributed by atoms with van der Waals surface area (Å²) in [7, 11) is 4.69. The molecule has 0 heterocycles. The normalized spacial score (nSPS) is 10.4. The standard InChI is InChI=1S/C5H13N.C2H8O2Si/c1-5(2,3)6-4;1-3-5-4-2/h6H,1-4H3;5H2,1-2H3. The average Bonchev–Trinajstić information content (AvgIpc) is 1.90. The summed E-state index contributed by atoms with van der Waals surface area (Å²) in [6.45, 7) is 6.40. The molecule has 0 saturated heterocycles. The Bertz CT molecular complexity index is 71.3. The monoisotopic (exact) mass is 179 g/mol. The van der Waals surface area contributed by atoms with E-state index in [-0.39, 0.29) is 0 Å². The third-order valence-corrected chi connectivity index (χ3v) is 1.46. The summed E-state index contributed by atoms with van der Waals surface area (Å²) in [5.74, 6) is 0. The molecule has 11 heavy (non-hydrogen) atoms. The van der Waals surface area contributed by atoms with Gasteiger partial charge in [-0.05, 0) is 27.8 Å². The molecule has 0 rings (SSSR count). The van der Waals surface area contributed by atoms with E-state index in [1.807, 2.05) is 7.05 Å². The molecule has 0 aliphatic carbocycles. The molecule has 0 radical (unpaired) electrons. The van der Waals surface area contributed by atoms with Gasteiger partial charge < -0.3 is 14.2 Å². The van der Waals surface area contributed by atoms with E-state index in [4.69, 9.17) is 0 Å². The Hall–Kier alpha value is 0.0969. The molecule has 0 amide bonds. The highest BCUT2D eigenvalue weighted by molar-refractivity contribution is 6.17. The van der Waals surface area contributed by atoms with Crippen molar-refractivity contribution in [3.05, 3.63) is 0 Å². The van der Waals surface area contributed by atoms with Crippen LogP contribution in [0.3, 0.4) is 0 Å². The van der Waals surface area contributed by atoms with Gasteiger partial charge in [-0.25, -0.2) is 0 Å². The van der Waals surface area contributed by atoms with E-state index in [1.165, 1.54) is 0 Å². The molecule has 0 aliphatic heterocycles. The van der Waals surface area contributed by atoms with Gasteiger partial charge in [-0.3, -0.25) is 0 Å². The van der Waals surface area contributed by atoms with Crippen molar-refractivity contribution in [3.8, 4) is 0 Å². The SMILES string of the molecule is CNC(C)(C)C.CO[SiH2]OC. The smallest absolute Gasteiger partial charge is 0.303 e. The van der Waals surface area contributed by atoms with Crippen LogP contribution in [0.2, 0.25) is 0 Å². The zero-order valence-electron chi connectivity index (χ0n) is 8.52. The highest BCUT2D eigenvalue weighted by Gasteiger charge is 2.01. The predicted molar refractivity (Wildman–Crippen MR) is 51.4 cm³/mol. The molecule has 0 unspecified atom stereocenters. The van der Waals surface area contributed by atoms with Crippen LogP contribution in [-0.4, -0.2) is 36.8 Å². The van der Waals surface area contributed by atoms with Crippen LogP contribution in [0.5, 0.6) is 0 Å². The van der Waals surface area contributed by atoms with Gasteiger partial charge >= 0.3 is 10.0 Å². The Morgan fingerprint density at radius 2 is 1.36 bits per heavy atom. The molecule has 4 heteroatoms. The molecular formula is C7H21NO2Si. The van der Waals surface area contributed by atoms with Crippen LogP contribution >= 0.6 is 0 Å². The van der Waals surface area contributed by atoms with Crippen molar-refractivity contribution >= 4 is 10.0 Å². The lowest BCUT2D eigenvalue weighted by Gasteiger charge is -2.15. The Morgan fingerprint density at radius 3 is 1.36 bits per heavy atom. The lowest BCUT2D eigenvalue weighted by molar-refractivity contribution is 0.309. The Balaban J connectivity index is 0. The molecule has 0 atom stereocenters. The van der Waals surface area contributed by atoms with E-state index >= 15 is 0 Å². The third kappa shape index (κ3) is 25.5. The molecule has 0 saturated carbocycles. The zero-order valence-corrected chi connectivity index (χ0v) is 9.94. The van der Waals surface area contributed by atoms with Crippen LogP contribution < -0.4 is 5.32 Å². The molecule has 0 aliphatic rings. The Morgan fingerprint density at radius 1 is 1.09 bits per heavy atom. The first kappa shape index (κ1) is 13.7. The fourth-order valence-electron chi connectivity index (χ4n) is 0.118. The van der Waals surface area contributed by atoms with Gasteiger partial charge in [0.05, 0.1) is 0 Å². The molecule has 0 aromatic carbocycles. The highest BCUT2D eigenvalue weighted by Crippen LogP contribution is 1.93. The van der Waals surface area contributed by atoms with Crippen molar-refractivity contribution in [3.63, 3.8) is 0 Å². The number of nitrogens with one attached hydrogen (secondary N) is 1. The second kappa shape index (κ2) is 8.20. The summed E-state index contributed by atoms with van der Waals surface area (Å²) in [4.78, 5) is 0. The summed E-state index contributed by atoms with van der Waals surface area (Å²) >= 11 is 0. The molecule has 3 nitrogen and oxygen atoms in total. The van der Waals surface area contributed by atoms with Crippen molar-refractivity contribution in [2.24, 2.45) is 0 Å². The quantitative estimate of drug-likeness (QED) is 0.618. The summed E-state index contributed by atoms with van der Waals surface area (Å²) < 4.78 is 9.22. The zero-order chi connectivity index (χ0) is 9.33. The molecule has 0 aromatic rings. The minimum absolute atomic E-state index is 0.292. The van der Waals surface area contributed by atoms with Gasteiger partial charge in [0.25, 0.3) is 0 Å². The summed E-state index contributed by atoms with van der Waals surface area (Å²) in [5, 5.41) is 3.10. The Kier molecular flexibility index (Phi) is 10.2. The second-order valence-electron chi connectivity index (χ2n) is 3.20. The van der Waals surface area contributed by atoms with Gasteiger partial charge in [0.15, 0.2) is 0 Å². The molecule has 0 bridgehead atoms. The van der Waals surface area contributed by atoms with E-state index in [1.54, 1.807) is 14.2 Å². The van der Waals surface area contributed by atoms with Crippen molar-refractivity contribution in [1.82, 2.24) is 5.32 Å². The molecule has 1 N–H and O–H groups in total. The van der Waals surface area contributed by atoms with Crippen LogP contribution in [0, 0.1) is 0 Å². The second-order valence-corrected chi connectivity index (χ2v) is 4.59. The van der Waals surface area contributed by atoms with Crippen LogP contribution in [-0.2, 0) is 8.85 Å². The fraction of sp³-hybridized carbons (Fsp3) is 1.00. The molecule has 0 fully saturated rings. The summed E-state index contributed by atoms with van der Waals surface area (Å²) in [6, 6.07) is 0. The maximum Gasteiger partial charge on any atom is 0.303 e. The van der Waals surface area contributed by atoms with Crippen LogP contribution in [0.15, 0.2) is 0 Å². The first-order chi connectivity index (χ1) is 4.97. The predicted octanol–water partition coefficient (Wildman–Crippen LogP) is 0.282. The maximum atomic E-state index is 4.61. The van der Waals surface area contributed by atoms with Crippen molar-refractivity contribution < 1.29 is 8.85 Å². The minimum Gasteiger partial charge on any atom is -0.402 e. The largest absolute Gasteiger partial charge is 0.402 e. The van der Waals surface area contributed by atoms with Gasteiger partial charge in [0.2, 0.25) is 0 Å². The minimum atomic E-state index is -0.568. The van der Waals surface area contributed by atoms with E-state index in [0.717, 1.165) is 0 Å². The summed E-state index contributed by atoms with van der Waals surface area (Å²) in [6.07, 6.45) is 0. The highest BCUT2D eigenvalue weighted by atomic mass is 28.3. The maximum absolute atomic E-state index is 4.61.